The van der Waals surface area contributed by atoms with Crippen molar-refractivity contribution < 1.29 is 18.0 Å². The van der Waals surface area contributed by atoms with Gasteiger partial charge in [-0.1, -0.05) is 0 Å². The Kier molecular flexibility index (Phi) is 8.26. The highest BCUT2D eigenvalue weighted by Gasteiger charge is 2.25. The molecule has 0 aromatic carbocycles. The zero-order chi connectivity index (χ0) is 17.4. The molecule has 0 unspecified atom stereocenters. The molecule has 0 aliphatic rings. The largest absolute Gasteiger partial charge is 0.389 e. The first-order valence-corrected chi connectivity index (χ1v) is 7.24. The number of nitrogens with one attached hydrogen (secondary N) is 2. The lowest BCUT2D eigenvalue weighted by Crippen LogP contribution is -2.48. The van der Waals surface area contributed by atoms with Crippen LogP contribution in [0.25, 0.3) is 0 Å². The van der Waals surface area contributed by atoms with Crippen LogP contribution in [-0.4, -0.2) is 55.7 Å². The summed E-state index contributed by atoms with van der Waals surface area (Å²) in [5.74, 6) is 0.339. The minimum atomic E-state index is -4.11. The summed E-state index contributed by atoms with van der Waals surface area (Å²) in [5.41, 5.74) is -0.313. The molecule has 0 fully saturated rings. The van der Waals surface area contributed by atoms with E-state index in [1.165, 1.54) is 0 Å². The van der Waals surface area contributed by atoms with E-state index in [1.54, 1.807) is 19.0 Å². The van der Waals surface area contributed by atoms with Crippen LogP contribution >= 0.6 is 0 Å². The lowest BCUT2D eigenvalue weighted by Gasteiger charge is -2.25. The number of likely N-dealkylation sites (N-methyl/N-ethyl adjacent to an activating group) is 1. The van der Waals surface area contributed by atoms with Crippen molar-refractivity contribution in [2.45, 2.75) is 51.7 Å². The molecule has 1 amide bonds. The molecule has 8 heteroatoms. The fourth-order valence-corrected chi connectivity index (χ4v) is 1.78. The number of rotatable bonds is 6. The van der Waals surface area contributed by atoms with Gasteiger partial charge in [-0.25, -0.2) is 0 Å². The van der Waals surface area contributed by atoms with Crippen LogP contribution in [0.3, 0.4) is 0 Å². The zero-order valence-corrected chi connectivity index (χ0v) is 14.0. The molecule has 5 nitrogen and oxygen atoms in total. The van der Waals surface area contributed by atoms with Crippen molar-refractivity contribution >= 4 is 11.9 Å². The van der Waals surface area contributed by atoms with Crippen molar-refractivity contribution in [2.75, 3.05) is 27.2 Å². The van der Waals surface area contributed by atoms with Crippen molar-refractivity contribution in [3.05, 3.63) is 0 Å². The Morgan fingerprint density at radius 2 is 1.77 bits per heavy atom. The van der Waals surface area contributed by atoms with Gasteiger partial charge in [0.15, 0.2) is 5.96 Å². The van der Waals surface area contributed by atoms with Crippen LogP contribution in [0.15, 0.2) is 4.99 Å². The van der Waals surface area contributed by atoms with E-state index in [-0.39, 0.29) is 24.4 Å². The maximum atomic E-state index is 12.0. The summed E-state index contributed by atoms with van der Waals surface area (Å²) >= 11 is 0. The molecule has 0 heterocycles. The monoisotopic (exact) mass is 324 g/mol. The molecule has 2 N–H and O–H groups in total. The van der Waals surface area contributed by atoms with Gasteiger partial charge in [-0.3, -0.25) is 9.79 Å². The molecule has 0 rings (SSSR count). The Morgan fingerprint density at radius 1 is 1.18 bits per heavy atom. The number of carbonyl (C=O) groups excluding carboxylic acids is 1. The minimum absolute atomic E-state index is 0.0711. The molecule has 0 saturated heterocycles. The summed E-state index contributed by atoms with van der Waals surface area (Å²) in [5, 5.41) is 5.79. The fourth-order valence-electron chi connectivity index (χ4n) is 1.78. The van der Waals surface area contributed by atoms with Crippen LogP contribution in [0.2, 0.25) is 0 Å². The number of unbranched alkanes of at least 4 members (excludes halogenated alkanes) is 1. The number of aliphatic imine (C=N–C) groups is 1. The standard InChI is InChI=1S/C14H27F3N4O/c1-13(2,3)20-11(22)10-21(5)12(18-4)19-9-7-6-8-14(15,16)17/h6-10H2,1-5H3,(H,18,19)(H,20,22). The molecule has 0 bridgehead atoms. The molecule has 130 valence electrons. The van der Waals surface area contributed by atoms with Gasteiger partial charge in [0.2, 0.25) is 5.91 Å². The van der Waals surface area contributed by atoms with Crippen molar-refractivity contribution in [1.29, 1.82) is 0 Å². The quantitative estimate of drug-likeness (QED) is 0.447. The summed E-state index contributed by atoms with van der Waals surface area (Å²) in [6, 6.07) is 0. The van der Waals surface area contributed by atoms with E-state index in [9.17, 15) is 18.0 Å². The second-order valence-corrected chi connectivity index (χ2v) is 6.20. The average Bonchev–Trinajstić information content (AvgIpc) is 2.29. The summed E-state index contributed by atoms with van der Waals surface area (Å²) in [6.45, 7) is 6.17. The first kappa shape index (κ1) is 20.5. The topological polar surface area (TPSA) is 56.7 Å². The number of hydrogen-bond donors (Lipinski definition) is 2. The second kappa shape index (κ2) is 8.85. The molecule has 0 aliphatic heterocycles. The van der Waals surface area contributed by atoms with Gasteiger partial charge < -0.3 is 15.5 Å². The molecule has 0 aromatic rings. The van der Waals surface area contributed by atoms with Crippen molar-refractivity contribution in [1.82, 2.24) is 15.5 Å². The molecular formula is C14H27F3N4O. The molecule has 0 saturated carbocycles. The van der Waals surface area contributed by atoms with E-state index in [4.69, 9.17) is 0 Å². The normalized spacial score (nSPS) is 13.0. The zero-order valence-electron chi connectivity index (χ0n) is 14.0. The van der Waals surface area contributed by atoms with Crippen LogP contribution in [-0.2, 0) is 4.79 Å². The van der Waals surface area contributed by atoms with E-state index >= 15 is 0 Å². The van der Waals surface area contributed by atoms with Crippen LogP contribution in [0.1, 0.15) is 40.0 Å². The molecule has 0 aromatic heterocycles. The molecule has 0 atom stereocenters. The van der Waals surface area contributed by atoms with Gasteiger partial charge in [0.05, 0.1) is 6.54 Å². The van der Waals surface area contributed by atoms with Gasteiger partial charge in [-0.2, -0.15) is 13.2 Å². The summed E-state index contributed by atoms with van der Waals surface area (Å²) in [6.07, 6.45) is -4.43. The molecule has 22 heavy (non-hydrogen) atoms. The van der Waals surface area contributed by atoms with Gasteiger partial charge in [0, 0.05) is 32.6 Å². The Hall–Kier alpha value is -1.47. The van der Waals surface area contributed by atoms with Crippen LogP contribution in [0, 0.1) is 0 Å². The van der Waals surface area contributed by atoms with Crippen LogP contribution in [0.4, 0.5) is 13.2 Å². The first-order chi connectivity index (χ1) is 9.94. The third-order valence-corrected chi connectivity index (χ3v) is 2.64. The molecule has 0 spiro atoms. The third kappa shape index (κ3) is 11.2. The molecule has 0 aliphatic carbocycles. The summed E-state index contributed by atoms with van der Waals surface area (Å²) in [7, 11) is 3.27. The number of guanidine groups is 1. The Balaban J connectivity index is 4.11. The van der Waals surface area contributed by atoms with Crippen molar-refractivity contribution in [3.8, 4) is 0 Å². The Labute approximate surface area is 130 Å². The highest BCUT2D eigenvalue weighted by molar-refractivity contribution is 5.86. The first-order valence-electron chi connectivity index (χ1n) is 7.24. The fraction of sp³-hybridized carbons (Fsp3) is 0.857. The SMILES string of the molecule is CN=C(NCCCCC(F)(F)F)N(C)CC(=O)NC(C)(C)C. The van der Waals surface area contributed by atoms with Crippen LogP contribution in [0.5, 0.6) is 0 Å². The van der Waals surface area contributed by atoms with Crippen molar-refractivity contribution in [3.63, 3.8) is 0 Å². The maximum absolute atomic E-state index is 12.0. The minimum Gasteiger partial charge on any atom is -0.356 e. The van der Waals surface area contributed by atoms with Gasteiger partial charge in [0.25, 0.3) is 0 Å². The summed E-state index contributed by atoms with van der Waals surface area (Å²) < 4.78 is 36.1. The average molecular weight is 324 g/mol. The molecular weight excluding hydrogens is 297 g/mol. The predicted molar refractivity (Wildman–Crippen MR) is 81.8 cm³/mol. The van der Waals surface area contributed by atoms with E-state index < -0.39 is 12.6 Å². The number of amides is 1. The van der Waals surface area contributed by atoms with E-state index in [2.05, 4.69) is 15.6 Å². The van der Waals surface area contributed by atoms with Crippen LogP contribution < -0.4 is 10.6 Å². The highest BCUT2D eigenvalue weighted by Crippen LogP contribution is 2.21. The number of carbonyl (C=O) groups is 1. The van der Waals surface area contributed by atoms with E-state index in [0.717, 1.165) is 0 Å². The number of halogens is 3. The second-order valence-electron chi connectivity index (χ2n) is 6.20. The van der Waals surface area contributed by atoms with Gasteiger partial charge in [0.1, 0.15) is 0 Å². The Bertz CT molecular complexity index is 375. The predicted octanol–water partition coefficient (Wildman–Crippen LogP) is 2.14. The van der Waals surface area contributed by atoms with E-state index in [0.29, 0.717) is 18.9 Å². The van der Waals surface area contributed by atoms with Gasteiger partial charge in [-0.05, 0) is 33.6 Å². The lowest BCUT2D eigenvalue weighted by molar-refractivity contribution is -0.135. The maximum Gasteiger partial charge on any atom is 0.389 e. The lowest BCUT2D eigenvalue weighted by atomic mass is 10.1. The smallest absolute Gasteiger partial charge is 0.356 e. The third-order valence-electron chi connectivity index (χ3n) is 2.64. The number of nitrogens with zero attached hydrogens (tertiary/aromatic N) is 2. The Morgan fingerprint density at radius 3 is 2.23 bits per heavy atom. The van der Waals surface area contributed by atoms with Crippen molar-refractivity contribution in [2.24, 2.45) is 4.99 Å². The number of alkyl halides is 3. The summed E-state index contributed by atoms with van der Waals surface area (Å²) in [4.78, 5) is 17.5. The van der Waals surface area contributed by atoms with Gasteiger partial charge >= 0.3 is 6.18 Å². The highest BCUT2D eigenvalue weighted by atomic mass is 19.4. The van der Waals surface area contributed by atoms with E-state index in [1.807, 2.05) is 20.8 Å². The number of hydrogen-bond acceptors (Lipinski definition) is 2. The van der Waals surface area contributed by atoms with Gasteiger partial charge in [-0.15, -0.1) is 0 Å². The molecule has 0 radical (unpaired) electrons.